The normalized spacial score (nSPS) is 11.9. The van der Waals surface area contributed by atoms with Crippen molar-refractivity contribution in [1.82, 2.24) is 5.43 Å². The fourth-order valence-electron chi connectivity index (χ4n) is 3.48. The van der Waals surface area contributed by atoms with Crippen molar-refractivity contribution in [2.45, 2.75) is 13.0 Å². The summed E-state index contributed by atoms with van der Waals surface area (Å²) in [6.07, 6.45) is 3.73. The summed E-state index contributed by atoms with van der Waals surface area (Å²) in [5.41, 5.74) is 4.00. The van der Waals surface area contributed by atoms with E-state index in [0.29, 0.717) is 17.1 Å². The van der Waals surface area contributed by atoms with Gasteiger partial charge in [0.05, 0.1) is 13.3 Å². The van der Waals surface area contributed by atoms with Gasteiger partial charge in [0.15, 0.2) is 17.6 Å². The molecule has 1 unspecified atom stereocenters. The maximum Gasteiger partial charge on any atom is 0.336 e. The first-order chi connectivity index (χ1) is 18.0. The van der Waals surface area contributed by atoms with E-state index in [-0.39, 0.29) is 5.75 Å². The van der Waals surface area contributed by atoms with Crippen molar-refractivity contribution >= 4 is 34.9 Å². The average molecular weight is 495 g/mol. The first-order valence-electron chi connectivity index (χ1n) is 11.6. The highest BCUT2D eigenvalue weighted by Gasteiger charge is 2.14. The Bertz CT molecular complexity index is 1450. The monoisotopic (exact) mass is 494 g/mol. The van der Waals surface area contributed by atoms with Crippen LogP contribution in [0.25, 0.3) is 16.8 Å². The average Bonchev–Trinajstić information content (AvgIpc) is 2.93. The van der Waals surface area contributed by atoms with Gasteiger partial charge in [0, 0.05) is 6.08 Å². The predicted octanol–water partition coefficient (Wildman–Crippen LogP) is 5.38. The molecule has 0 aromatic heterocycles. The van der Waals surface area contributed by atoms with E-state index >= 15 is 0 Å². The summed E-state index contributed by atoms with van der Waals surface area (Å²) in [6.45, 7) is 1.65. The molecule has 4 aromatic carbocycles. The summed E-state index contributed by atoms with van der Waals surface area (Å²) in [6, 6.07) is 27.9. The Morgan fingerprint density at radius 3 is 2.38 bits per heavy atom. The molecule has 0 saturated carbocycles. The molecule has 0 aliphatic rings. The number of hydrogen-bond donors (Lipinski definition) is 1. The number of hydrogen-bond acceptors (Lipinski definition) is 6. The van der Waals surface area contributed by atoms with Crippen molar-refractivity contribution in [1.29, 1.82) is 0 Å². The van der Waals surface area contributed by atoms with Gasteiger partial charge < -0.3 is 14.2 Å². The van der Waals surface area contributed by atoms with Gasteiger partial charge in [0.25, 0.3) is 5.91 Å². The van der Waals surface area contributed by atoms with Gasteiger partial charge >= 0.3 is 5.97 Å². The lowest BCUT2D eigenvalue weighted by molar-refractivity contribution is -0.129. The Kier molecular flexibility index (Phi) is 8.29. The maximum atomic E-state index is 12.4. The largest absolute Gasteiger partial charge is 0.493 e. The van der Waals surface area contributed by atoms with Gasteiger partial charge in [-0.1, -0.05) is 60.7 Å². The summed E-state index contributed by atoms with van der Waals surface area (Å²) in [4.78, 5) is 24.6. The van der Waals surface area contributed by atoms with Crippen molar-refractivity contribution < 1.29 is 23.8 Å². The summed E-state index contributed by atoms with van der Waals surface area (Å²) in [7, 11) is 1.47. The molecule has 1 N–H and O–H groups in total. The number of fused-ring (bicyclic) bond motifs is 1. The molecule has 0 fully saturated rings. The lowest BCUT2D eigenvalue weighted by Crippen LogP contribution is -2.33. The Hall–Kier alpha value is -4.91. The van der Waals surface area contributed by atoms with Crippen LogP contribution in [0.1, 0.15) is 18.1 Å². The molecule has 0 heterocycles. The van der Waals surface area contributed by atoms with E-state index < -0.39 is 18.0 Å². The van der Waals surface area contributed by atoms with Crippen LogP contribution in [-0.2, 0) is 9.59 Å². The quantitative estimate of drug-likeness (QED) is 0.111. The molecule has 4 aromatic rings. The summed E-state index contributed by atoms with van der Waals surface area (Å²) < 4.78 is 16.5. The standard InChI is InChI=1S/C30H26N2O5/c1-21(36-26-15-14-24-10-6-7-11-25(24)19-26)30(34)32-31-20-23-12-16-27(28(18-23)35-2)37-29(33)17-13-22-8-4-3-5-9-22/h3-21H,1-2H3,(H,32,34)/b17-13+,31-20+. The highest BCUT2D eigenvalue weighted by Crippen LogP contribution is 2.28. The molecule has 186 valence electrons. The number of benzene rings is 4. The van der Waals surface area contributed by atoms with Gasteiger partial charge in [-0.3, -0.25) is 4.79 Å². The molecule has 0 spiro atoms. The molecule has 7 nitrogen and oxygen atoms in total. The first kappa shape index (κ1) is 25.2. The summed E-state index contributed by atoms with van der Waals surface area (Å²) >= 11 is 0. The van der Waals surface area contributed by atoms with Crippen molar-refractivity contribution in [3.8, 4) is 17.2 Å². The van der Waals surface area contributed by atoms with Crippen LogP contribution in [0.5, 0.6) is 17.2 Å². The second kappa shape index (κ2) is 12.2. The third-order valence-corrected chi connectivity index (χ3v) is 5.40. The van der Waals surface area contributed by atoms with Crippen LogP contribution < -0.4 is 19.6 Å². The Morgan fingerprint density at radius 2 is 1.59 bits per heavy atom. The third kappa shape index (κ3) is 7.05. The minimum Gasteiger partial charge on any atom is -0.493 e. The van der Waals surface area contributed by atoms with Crippen LogP contribution in [0.3, 0.4) is 0 Å². The fraction of sp³-hybridized carbons (Fsp3) is 0.100. The number of nitrogens with zero attached hydrogens (tertiary/aromatic N) is 1. The number of esters is 1. The second-order valence-corrected chi connectivity index (χ2v) is 8.08. The van der Waals surface area contributed by atoms with Gasteiger partial charge in [-0.25, -0.2) is 10.2 Å². The van der Waals surface area contributed by atoms with Crippen LogP contribution >= 0.6 is 0 Å². The molecule has 4 rings (SSSR count). The highest BCUT2D eigenvalue weighted by atomic mass is 16.6. The van der Waals surface area contributed by atoms with E-state index in [2.05, 4.69) is 10.5 Å². The van der Waals surface area contributed by atoms with Crippen molar-refractivity contribution in [2.75, 3.05) is 7.11 Å². The summed E-state index contributed by atoms with van der Waals surface area (Å²) in [5.74, 6) is 0.288. The van der Waals surface area contributed by atoms with Crippen LogP contribution in [0.2, 0.25) is 0 Å². The van der Waals surface area contributed by atoms with Crippen LogP contribution in [0, 0.1) is 0 Å². The molecule has 0 radical (unpaired) electrons. The lowest BCUT2D eigenvalue weighted by Gasteiger charge is -2.13. The summed E-state index contributed by atoms with van der Waals surface area (Å²) in [5, 5.41) is 6.13. The molecule has 7 heteroatoms. The topological polar surface area (TPSA) is 86.2 Å². The van der Waals surface area contributed by atoms with Crippen molar-refractivity contribution in [2.24, 2.45) is 5.10 Å². The third-order valence-electron chi connectivity index (χ3n) is 5.40. The molecule has 1 atom stereocenters. The molecular weight excluding hydrogens is 468 g/mol. The molecule has 0 aliphatic heterocycles. The first-order valence-corrected chi connectivity index (χ1v) is 11.6. The molecule has 0 saturated heterocycles. The zero-order valence-corrected chi connectivity index (χ0v) is 20.5. The predicted molar refractivity (Wildman–Crippen MR) is 144 cm³/mol. The van der Waals surface area contributed by atoms with Gasteiger partial charge in [-0.05, 0) is 65.2 Å². The van der Waals surface area contributed by atoms with E-state index in [9.17, 15) is 9.59 Å². The zero-order chi connectivity index (χ0) is 26.0. The van der Waals surface area contributed by atoms with E-state index in [0.717, 1.165) is 16.3 Å². The molecule has 1 amide bonds. The Morgan fingerprint density at radius 1 is 0.838 bits per heavy atom. The van der Waals surface area contributed by atoms with E-state index in [1.807, 2.05) is 72.8 Å². The van der Waals surface area contributed by atoms with Gasteiger partial charge in [0.2, 0.25) is 0 Å². The van der Waals surface area contributed by atoms with E-state index in [1.165, 1.54) is 19.4 Å². The number of carbonyl (C=O) groups is 2. The Balaban J connectivity index is 1.32. The number of methoxy groups -OCH3 is 1. The number of ether oxygens (including phenoxy) is 3. The smallest absolute Gasteiger partial charge is 0.336 e. The number of nitrogens with one attached hydrogen (secondary N) is 1. The number of carbonyl (C=O) groups excluding carboxylic acids is 2. The number of amides is 1. The molecule has 0 bridgehead atoms. The minimum atomic E-state index is -0.751. The van der Waals surface area contributed by atoms with Crippen LogP contribution in [-0.4, -0.2) is 31.3 Å². The zero-order valence-electron chi connectivity index (χ0n) is 20.5. The molecule has 0 aliphatic carbocycles. The van der Waals surface area contributed by atoms with Gasteiger partial charge in [-0.15, -0.1) is 0 Å². The highest BCUT2D eigenvalue weighted by molar-refractivity contribution is 5.90. The van der Waals surface area contributed by atoms with Crippen molar-refractivity contribution in [3.63, 3.8) is 0 Å². The van der Waals surface area contributed by atoms with Crippen molar-refractivity contribution in [3.05, 3.63) is 108 Å². The maximum absolute atomic E-state index is 12.4. The van der Waals surface area contributed by atoms with Gasteiger partial charge in [-0.2, -0.15) is 5.10 Å². The van der Waals surface area contributed by atoms with Crippen LogP contribution in [0.15, 0.2) is 102 Å². The second-order valence-electron chi connectivity index (χ2n) is 8.08. The van der Waals surface area contributed by atoms with E-state index in [1.54, 1.807) is 31.2 Å². The van der Waals surface area contributed by atoms with Gasteiger partial charge in [0.1, 0.15) is 5.75 Å². The molecular formula is C30H26N2O5. The number of hydrazone groups is 1. The fourth-order valence-corrected chi connectivity index (χ4v) is 3.48. The molecule has 37 heavy (non-hydrogen) atoms. The van der Waals surface area contributed by atoms with E-state index in [4.69, 9.17) is 14.2 Å². The minimum absolute atomic E-state index is 0.267. The SMILES string of the molecule is COc1cc(/C=N/NC(=O)C(C)Oc2ccc3ccccc3c2)ccc1OC(=O)/C=C/c1ccccc1. The lowest BCUT2D eigenvalue weighted by atomic mass is 10.1. The number of rotatable bonds is 9. The van der Waals surface area contributed by atoms with Crippen LogP contribution in [0.4, 0.5) is 0 Å². The Labute approximate surface area is 215 Å².